The van der Waals surface area contributed by atoms with Gasteiger partial charge >= 0.3 is 0 Å². The number of amides is 1. The van der Waals surface area contributed by atoms with Crippen LogP contribution < -0.4 is 5.32 Å². The van der Waals surface area contributed by atoms with Gasteiger partial charge in [-0.15, -0.1) is 0 Å². The topological polar surface area (TPSA) is 50.8 Å². The number of carbonyl (C=O) groups is 1. The van der Waals surface area contributed by atoms with Gasteiger partial charge in [0.2, 0.25) is 0 Å². The summed E-state index contributed by atoms with van der Waals surface area (Å²) in [6.07, 6.45) is 1.89. The molecule has 0 spiro atoms. The van der Waals surface area contributed by atoms with Crippen LogP contribution in [0.4, 0.5) is 0 Å². The molecule has 2 aliphatic heterocycles. The SMILES string of the molecule is CCOCCOC(C)C(=O)N1CC[C@@H]2CNC[C@@H]2CC1. The molecule has 0 radical (unpaired) electrons. The molecule has 5 nitrogen and oxygen atoms in total. The Labute approximate surface area is 122 Å². The van der Waals surface area contributed by atoms with Crippen LogP contribution in [0.3, 0.4) is 0 Å². The Morgan fingerprint density at radius 1 is 1.25 bits per heavy atom. The number of rotatable bonds is 6. The molecule has 0 aromatic carbocycles. The Kier molecular flexibility index (Phi) is 6.26. The summed E-state index contributed by atoms with van der Waals surface area (Å²) in [5, 5.41) is 3.46. The highest BCUT2D eigenvalue weighted by Crippen LogP contribution is 2.27. The summed E-state index contributed by atoms with van der Waals surface area (Å²) >= 11 is 0. The summed E-state index contributed by atoms with van der Waals surface area (Å²) < 4.78 is 10.8. The van der Waals surface area contributed by atoms with Crippen LogP contribution in [0.5, 0.6) is 0 Å². The molecule has 0 bridgehead atoms. The largest absolute Gasteiger partial charge is 0.379 e. The van der Waals surface area contributed by atoms with Crippen LogP contribution in [-0.2, 0) is 14.3 Å². The molecule has 2 saturated heterocycles. The van der Waals surface area contributed by atoms with Crippen molar-refractivity contribution in [2.75, 3.05) is 46.0 Å². The fourth-order valence-corrected chi connectivity index (χ4v) is 3.20. The maximum absolute atomic E-state index is 12.4. The fourth-order valence-electron chi connectivity index (χ4n) is 3.20. The maximum Gasteiger partial charge on any atom is 0.251 e. The van der Waals surface area contributed by atoms with Crippen LogP contribution in [-0.4, -0.2) is 62.9 Å². The molecule has 116 valence electrons. The van der Waals surface area contributed by atoms with E-state index in [9.17, 15) is 4.79 Å². The molecule has 2 rings (SSSR count). The summed E-state index contributed by atoms with van der Waals surface area (Å²) in [6, 6.07) is 0. The van der Waals surface area contributed by atoms with E-state index in [0.29, 0.717) is 19.8 Å². The second-order valence-corrected chi connectivity index (χ2v) is 5.79. The van der Waals surface area contributed by atoms with Gasteiger partial charge in [-0.05, 0) is 51.6 Å². The molecule has 20 heavy (non-hydrogen) atoms. The average molecular weight is 284 g/mol. The smallest absolute Gasteiger partial charge is 0.251 e. The van der Waals surface area contributed by atoms with Gasteiger partial charge in [-0.1, -0.05) is 0 Å². The van der Waals surface area contributed by atoms with E-state index in [4.69, 9.17) is 9.47 Å². The second-order valence-electron chi connectivity index (χ2n) is 5.79. The third kappa shape index (κ3) is 4.17. The summed E-state index contributed by atoms with van der Waals surface area (Å²) in [7, 11) is 0. The normalized spacial score (nSPS) is 28.0. The van der Waals surface area contributed by atoms with E-state index >= 15 is 0 Å². The number of likely N-dealkylation sites (tertiary alicyclic amines) is 1. The lowest BCUT2D eigenvalue weighted by molar-refractivity contribution is -0.143. The van der Waals surface area contributed by atoms with Crippen molar-refractivity contribution in [1.29, 1.82) is 0 Å². The van der Waals surface area contributed by atoms with E-state index in [1.165, 1.54) is 0 Å². The molecule has 2 heterocycles. The third-order valence-electron chi connectivity index (χ3n) is 4.48. The first-order chi connectivity index (χ1) is 9.72. The van der Waals surface area contributed by atoms with Crippen LogP contribution in [0.1, 0.15) is 26.7 Å². The maximum atomic E-state index is 12.4. The van der Waals surface area contributed by atoms with Crippen molar-refractivity contribution in [3.8, 4) is 0 Å². The lowest BCUT2D eigenvalue weighted by Crippen LogP contribution is -2.40. The number of nitrogens with one attached hydrogen (secondary N) is 1. The Morgan fingerprint density at radius 3 is 2.50 bits per heavy atom. The van der Waals surface area contributed by atoms with Gasteiger partial charge in [-0.3, -0.25) is 4.79 Å². The minimum atomic E-state index is -0.355. The molecule has 1 amide bonds. The highest BCUT2D eigenvalue weighted by molar-refractivity contribution is 5.80. The van der Waals surface area contributed by atoms with Crippen molar-refractivity contribution in [2.45, 2.75) is 32.8 Å². The highest BCUT2D eigenvalue weighted by atomic mass is 16.5. The van der Waals surface area contributed by atoms with Crippen molar-refractivity contribution < 1.29 is 14.3 Å². The lowest BCUT2D eigenvalue weighted by Gasteiger charge is -2.24. The molecular weight excluding hydrogens is 256 g/mol. The van der Waals surface area contributed by atoms with Crippen molar-refractivity contribution >= 4 is 5.91 Å². The summed E-state index contributed by atoms with van der Waals surface area (Å²) in [5.74, 6) is 1.64. The van der Waals surface area contributed by atoms with Gasteiger partial charge in [0.05, 0.1) is 13.2 Å². The molecule has 1 unspecified atom stereocenters. The summed E-state index contributed by atoms with van der Waals surface area (Å²) in [4.78, 5) is 14.4. The Hall–Kier alpha value is -0.650. The van der Waals surface area contributed by atoms with Gasteiger partial charge in [-0.25, -0.2) is 0 Å². The fraction of sp³-hybridized carbons (Fsp3) is 0.933. The van der Waals surface area contributed by atoms with Crippen LogP contribution in [0, 0.1) is 11.8 Å². The minimum Gasteiger partial charge on any atom is -0.379 e. The first-order valence-electron chi connectivity index (χ1n) is 7.91. The molecule has 5 heteroatoms. The van der Waals surface area contributed by atoms with Crippen molar-refractivity contribution in [1.82, 2.24) is 10.2 Å². The van der Waals surface area contributed by atoms with E-state index in [1.54, 1.807) is 0 Å². The predicted octanol–water partition coefficient (Wildman–Crippen LogP) is 0.886. The second kappa shape index (κ2) is 7.96. The number of nitrogens with zero attached hydrogens (tertiary/aromatic N) is 1. The number of fused-ring (bicyclic) bond motifs is 1. The zero-order valence-electron chi connectivity index (χ0n) is 12.8. The minimum absolute atomic E-state index is 0.134. The average Bonchev–Trinajstić information content (AvgIpc) is 2.81. The van der Waals surface area contributed by atoms with Crippen LogP contribution in [0.25, 0.3) is 0 Å². The summed E-state index contributed by atoms with van der Waals surface area (Å²) in [6.45, 7) is 9.53. The molecule has 0 aromatic heterocycles. The van der Waals surface area contributed by atoms with Crippen LogP contribution in [0.15, 0.2) is 0 Å². The molecule has 1 N–H and O–H groups in total. The molecule has 0 saturated carbocycles. The molecule has 0 aliphatic carbocycles. The lowest BCUT2D eigenvalue weighted by atomic mass is 9.92. The van der Waals surface area contributed by atoms with E-state index in [0.717, 1.165) is 50.9 Å². The van der Waals surface area contributed by atoms with Gasteiger partial charge in [0, 0.05) is 19.7 Å². The van der Waals surface area contributed by atoms with Gasteiger partial charge in [0.1, 0.15) is 6.10 Å². The Morgan fingerprint density at radius 2 is 1.90 bits per heavy atom. The molecule has 2 aliphatic rings. The standard InChI is InChI=1S/C15H28N2O3/c1-3-19-8-9-20-12(2)15(18)17-6-4-13-10-16-11-14(13)5-7-17/h12-14,16H,3-11H2,1-2H3/t12?,13-,14+. The van der Waals surface area contributed by atoms with E-state index < -0.39 is 0 Å². The molecular formula is C15H28N2O3. The van der Waals surface area contributed by atoms with Crippen molar-refractivity contribution in [3.05, 3.63) is 0 Å². The predicted molar refractivity (Wildman–Crippen MR) is 77.6 cm³/mol. The van der Waals surface area contributed by atoms with Gasteiger partial charge < -0.3 is 19.7 Å². The quantitative estimate of drug-likeness (QED) is 0.736. The van der Waals surface area contributed by atoms with E-state index in [-0.39, 0.29) is 12.0 Å². The van der Waals surface area contributed by atoms with Crippen LogP contribution >= 0.6 is 0 Å². The number of hydrogen-bond donors (Lipinski definition) is 1. The van der Waals surface area contributed by atoms with E-state index in [2.05, 4.69) is 5.32 Å². The van der Waals surface area contributed by atoms with Gasteiger partial charge in [0.15, 0.2) is 0 Å². The zero-order chi connectivity index (χ0) is 14.4. The van der Waals surface area contributed by atoms with Gasteiger partial charge in [-0.2, -0.15) is 0 Å². The van der Waals surface area contributed by atoms with Crippen LogP contribution in [0.2, 0.25) is 0 Å². The highest BCUT2D eigenvalue weighted by Gasteiger charge is 2.32. The van der Waals surface area contributed by atoms with Gasteiger partial charge in [0.25, 0.3) is 5.91 Å². The monoisotopic (exact) mass is 284 g/mol. The number of ether oxygens (including phenoxy) is 2. The number of hydrogen-bond acceptors (Lipinski definition) is 4. The molecule has 3 atom stereocenters. The zero-order valence-corrected chi connectivity index (χ0v) is 12.8. The first kappa shape index (κ1) is 15.7. The Bertz CT molecular complexity index is 297. The van der Waals surface area contributed by atoms with E-state index in [1.807, 2.05) is 18.7 Å². The molecule has 0 aromatic rings. The van der Waals surface area contributed by atoms with Crippen molar-refractivity contribution in [2.24, 2.45) is 11.8 Å². The number of carbonyl (C=O) groups excluding carboxylic acids is 1. The third-order valence-corrected chi connectivity index (χ3v) is 4.48. The molecule has 2 fully saturated rings. The van der Waals surface area contributed by atoms with Crippen molar-refractivity contribution in [3.63, 3.8) is 0 Å². The summed E-state index contributed by atoms with van der Waals surface area (Å²) in [5.41, 5.74) is 0. The Balaban J connectivity index is 1.74. The first-order valence-corrected chi connectivity index (χ1v) is 7.91.